The number of carbonyl (C=O) groups is 1. The van der Waals surface area contributed by atoms with Crippen LogP contribution in [0.15, 0.2) is 34.7 Å². The summed E-state index contributed by atoms with van der Waals surface area (Å²) in [6.07, 6.45) is 3.28. The van der Waals surface area contributed by atoms with E-state index in [9.17, 15) is 9.59 Å². The molecule has 2 heterocycles. The van der Waals surface area contributed by atoms with Crippen molar-refractivity contribution in [3.05, 3.63) is 50.8 Å². The Balaban J connectivity index is 2.21. The number of aliphatic hydroxyl groups is 1. The molecule has 2 rings (SSSR count). The monoisotopic (exact) mass is 307 g/mol. The number of rotatable bonds is 6. The van der Waals surface area contributed by atoms with Crippen molar-refractivity contribution in [2.45, 2.75) is 20.0 Å². The van der Waals surface area contributed by atoms with Crippen LogP contribution >= 0.6 is 11.3 Å². The molecule has 112 valence electrons. The van der Waals surface area contributed by atoms with Crippen molar-refractivity contribution >= 4 is 17.2 Å². The van der Waals surface area contributed by atoms with Gasteiger partial charge in [-0.25, -0.2) is 4.98 Å². The average molecular weight is 307 g/mol. The maximum atomic E-state index is 12.5. The van der Waals surface area contributed by atoms with Crippen LogP contribution in [-0.2, 0) is 13.1 Å². The van der Waals surface area contributed by atoms with E-state index in [1.54, 1.807) is 18.5 Å². The van der Waals surface area contributed by atoms with E-state index in [1.807, 2.05) is 12.3 Å². The van der Waals surface area contributed by atoms with E-state index in [4.69, 9.17) is 5.11 Å². The molecule has 0 saturated carbocycles. The van der Waals surface area contributed by atoms with Crippen molar-refractivity contribution in [1.29, 1.82) is 0 Å². The SMILES string of the molecule is CCn1ccc(C(=O)N(CCO)Cc2nccs2)cc1=O. The molecule has 21 heavy (non-hydrogen) atoms. The highest BCUT2D eigenvalue weighted by atomic mass is 32.1. The van der Waals surface area contributed by atoms with E-state index in [2.05, 4.69) is 4.98 Å². The van der Waals surface area contributed by atoms with Crippen LogP contribution in [0.1, 0.15) is 22.3 Å². The number of hydrogen-bond donors (Lipinski definition) is 1. The van der Waals surface area contributed by atoms with E-state index in [0.29, 0.717) is 18.7 Å². The molecule has 2 aromatic rings. The van der Waals surface area contributed by atoms with Crippen molar-refractivity contribution in [2.24, 2.45) is 0 Å². The number of amides is 1. The van der Waals surface area contributed by atoms with Gasteiger partial charge in [0.2, 0.25) is 0 Å². The second-order valence-electron chi connectivity index (χ2n) is 4.42. The Morgan fingerprint density at radius 3 is 2.90 bits per heavy atom. The van der Waals surface area contributed by atoms with Gasteiger partial charge in [0.25, 0.3) is 11.5 Å². The molecule has 0 spiro atoms. The molecule has 0 saturated heterocycles. The summed E-state index contributed by atoms with van der Waals surface area (Å²) in [7, 11) is 0. The molecule has 0 aromatic carbocycles. The van der Waals surface area contributed by atoms with Crippen LogP contribution in [0.5, 0.6) is 0 Å². The topological polar surface area (TPSA) is 75.4 Å². The van der Waals surface area contributed by atoms with Crippen LogP contribution in [0, 0.1) is 0 Å². The molecule has 7 heteroatoms. The normalized spacial score (nSPS) is 10.6. The minimum atomic E-state index is -0.278. The van der Waals surface area contributed by atoms with Gasteiger partial charge in [-0.05, 0) is 13.0 Å². The van der Waals surface area contributed by atoms with E-state index in [0.717, 1.165) is 5.01 Å². The number of aliphatic hydroxyl groups excluding tert-OH is 1. The third-order valence-corrected chi connectivity index (χ3v) is 3.81. The van der Waals surface area contributed by atoms with Crippen LogP contribution in [0.4, 0.5) is 0 Å². The van der Waals surface area contributed by atoms with Crippen LogP contribution < -0.4 is 5.56 Å². The summed E-state index contributed by atoms with van der Waals surface area (Å²) in [6.45, 7) is 2.82. The number of carbonyl (C=O) groups excluding carboxylic acids is 1. The number of aromatic nitrogens is 2. The molecule has 6 nitrogen and oxygen atoms in total. The van der Waals surface area contributed by atoms with E-state index in [1.165, 1.54) is 26.9 Å². The van der Waals surface area contributed by atoms with Gasteiger partial charge < -0.3 is 14.6 Å². The summed E-state index contributed by atoms with van der Waals surface area (Å²) in [5.41, 5.74) is 0.122. The Kier molecular flexibility index (Phi) is 5.24. The van der Waals surface area contributed by atoms with Crippen molar-refractivity contribution in [3.63, 3.8) is 0 Å². The van der Waals surface area contributed by atoms with Gasteiger partial charge >= 0.3 is 0 Å². The molecule has 0 bridgehead atoms. The standard InChI is InChI=1S/C14H17N3O3S/c1-2-16-5-3-11(9-13(16)19)14(20)17(6-7-18)10-12-15-4-8-21-12/h3-5,8-9,18H,2,6-7,10H2,1H3. The molecule has 0 unspecified atom stereocenters. The molecular formula is C14H17N3O3S. The third kappa shape index (κ3) is 3.77. The van der Waals surface area contributed by atoms with Gasteiger partial charge in [-0.1, -0.05) is 0 Å². The smallest absolute Gasteiger partial charge is 0.254 e. The summed E-state index contributed by atoms with van der Waals surface area (Å²) < 4.78 is 1.52. The lowest BCUT2D eigenvalue weighted by molar-refractivity contribution is 0.0707. The molecule has 0 aliphatic rings. The summed E-state index contributed by atoms with van der Waals surface area (Å²) >= 11 is 1.45. The second-order valence-corrected chi connectivity index (χ2v) is 5.39. The lowest BCUT2D eigenvalue weighted by Gasteiger charge is -2.20. The summed E-state index contributed by atoms with van der Waals surface area (Å²) in [4.78, 5) is 29.9. The quantitative estimate of drug-likeness (QED) is 0.862. The first-order chi connectivity index (χ1) is 10.2. The number of nitrogens with zero attached hydrogens (tertiary/aromatic N) is 3. The predicted octanol–water partition coefficient (Wildman–Crippen LogP) is 0.959. The van der Waals surface area contributed by atoms with Gasteiger partial charge in [-0.2, -0.15) is 0 Å². The van der Waals surface area contributed by atoms with Crippen LogP contribution in [0.25, 0.3) is 0 Å². The second kappa shape index (κ2) is 7.14. The molecule has 2 aromatic heterocycles. The predicted molar refractivity (Wildman–Crippen MR) is 80.3 cm³/mol. The molecule has 0 aliphatic heterocycles. The zero-order valence-electron chi connectivity index (χ0n) is 11.7. The highest BCUT2D eigenvalue weighted by Crippen LogP contribution is 2.11. The first-order valence-corrected chi connectivity index (χ1v) is 7.52. The fourth-order valence-electron chi connectivity index (χ4n) is 1.95. The maximum Gasteiger partial charge on any atom is 0.254 e. The average Bonchev–Trinajstić information content (AvgIpc) is 2.99. The van der Waals surface area contributed by atoms with Crippen LogP contribution in [0.3, 0.4) is 0 Å². The Bertz CT molecular complexity index is 652. The zero-order valence-corrected chi connectivity index (χ0v) is 12.5. The zero-order chi connectivity index (χ0) is 15.2. The van der Waals surface area contributed by atoms with Gasteiger partial charge in [0.05, 0.1) is 13.2 Å². The molecular weight excluding hydrogens is 290 g/mol. The first-order valence-electron chi connectivity index (χ1n) is 6.64. The van der Waals surface area contributed by atoms with Crippen molar-refractivity contribution in [1.82, 2.24) is 14.5 Å². The summed E-state index contributed by atoms with van der Waals surface area (Å²) in [5.74, 6) is -0.278. The number of hydrogen-bond acceptors (Lipinski definition) is 5. The first kappa shape index (κ1) is 15.4. The number of thiazole rings is 1. The Labute approximate surface area is 126 Å². The largest absolute Gasteiger partial charge is 0.395 e. The molecule has 1 N–H and O–H groups in total. The third-order valence-electron chi connectivity index (χ3n) is 3.05. The molecule has 0 atom stereocenters. The van der Waals surface area contributed by atoms with Crippen molar-refractivity contribution < 1.29 is 9.90 Å². The molecule has 0 radical (unpaired) electrons. The Hall–Kier alpha value is -1.99. The van der Waals surface area contributed by atoms with Crippen LogP contribution in [0.2, 0.25) is 0 Å². The van der Waals surface area contributed by atoms with Crippen molar-refractivity contribution in [2.75, 3.05) is 13.2 Å². The highest BCUT2D eigenvalue weighted by molar-refractivity contribution is 7.09. The van der Waals surface area contributed by atoms with Gasteiger partial charge in [-0.15, -0.1) is 11.3 Å². The maximum absolute atomic E-state index is 12.5. The Morgan fingerprint density at radius 2 is 2.33 bits per heavy atom. The highest BCUT2D eigenvalue weighted by Gasteiger charge is 2.17. The fraction of sp³-hybridized carbons (Fsp3) is 0.357. The van der Waals surface area contributed by atoms with E-state index in [-0.39, 0.29) is 24.6 Å². The number of aryl methyl sites for hydroxylation is 1. The summed E-state index contributed by atoms with van der Waals surface area (Å²) in [5, 5.41) is 11.7. The number of pyridine rings is 1. The summed E-state index contributed by atoms with van der Waals surface area (Å²) in [6, 6.07) is 2.96. The minimum absolute atomic E-state index is 0.136. The minimum Gasteiger partial charge on any atom is -0.395 e. The molecule has 0 fully saturated rings. The van der Waals surface area contributed by atoms with Crippen LogP contribution in [-0.4, -0.2) is 38.6 Å². The van der Waals surface area contributed by atoms with Gasteiger partial charge in [0.1, 0.15) is 5.01 Å². The Morgan fingerprint density at radius 1 is 1.52 bits per heavy atom. The van der Waals surface area contributed by atoms with Gasteiger partial charge in [0, 0.05) is 42.5 Å². The van der Waals surface area contributed by atoms with E-state index >= 15 is 0 Å². The van der Waals surface area contributed by atoms with Gasteiger partial charge in [0.15, 0.2) is 0 Å². The molecule has 0 aliphatic carbocycles. The molecule has 1 amide bonds. The fourth-order valence-corrected chi connectivity index (χ4v) is 2.58. The lowest BCUT2D eigenvalue weighted by Crippen LogP contribution is -2.34. The van der Waals surface area contributed by atoms with Crippen molar-refractivity contribution in [3.8, 4) is 0 Å². The van der Waals surface area contributed by atoms with Gasteiger partial charge in [-0.3, -0.25) is 9.59 Å². The lowest BCUT2D eigenvalue weighted by atomic mass is 10.2. The van der Waals surface area contributed by atoms with E-state index < -0.39 is 0 Å².